The van der Waals surface area contributed by atoms with Gasteiger partial charge in [-0.1, -0.05) is 36.4 Å². The number of benzene rings is 2. The van der Waals surface area contributed by atoms with Crippen LogP contribution >= 0.6 is 0 Å². The summed E-state index contributed by atoms with van der Waals surface area (Å²) in [6, 6.07) is 15.5. The molecule has 0 fully saturated rings. The first-order valence-corrected chi connectivity index (χ1v) is 9.89. The Hall–Kier alpha value is -3.61. The number of methoxy groups -OCH3 is 2. The number of carbonyl (C=O) groups is 1. The summed E-state index contributed by atoms with van der Waals surface area (Å²) in [5.74, 6) is 2.16. The van der Waals surface area contributed by atoms with Crippen molar-refractivity contribution < 1.29 is 14.3 Å². The van der Waals surface area contributed by atoms with Gasteiger partial charge in [0, 0.05) is 17.7 Å². The van der Waals surface area contributed by atoms with Gasteiger partial charge in [0.05, 0.1) is 14.2 Å². The number of fused-ring (bicyclic) bond motifs is 1. The molecule has 3 aromatic rings. The lowest BCUT2D eigenvalue weighted by atomic mass is 9.78. The third-order valence-electron chi connectivity index (χ3n) is 5.86. The van der Waals surface area contributed by atoms with E-state index in [0.29, 0.717) is 23.9 Å². The summed E-state index contributed by atoms with van der Waals surface area (Å²) in [6.07, 6.45) is 2.73. The van der Waals surface area contributed by atoms with Crippen LogP contribution in [0.25, 0.3) is 0 Å². The van der Waals surface area contributed by atoms with E-state index in [9.17, 15) is 4.79 Å². The van der Waals surface area contributed by atoms with Crippen molar-refractivity contribution in [2.24, 2.45) is 0 Å². The molecule has 0 unspecified atom stereocenters. The highest BCUT2D eigenvalue weighted by Crippen LogP contribution is 2.44. The van der Waals surface area contributed by atoms with Crippen LogP contribution in [0.1, 0.15) is 35.9 Å². The molecule has 1 N–H and O–H groups in total. The van der Waals surface area contributed by atoms with Crippen LogP contribution in [-0.4, -0.2) is 34.8 Å². The number of hydrogen-bond acceptors (Lipinski definition) is 6. The van der Waals surface area contributed by atoms with Gasteiger partial charge in [-0.15, -0.1) is 0 Å². The number of hydrogen-bond donors (Lipinski definition) is 1. The van der Waals surface area contributed by atoms with E-state index >= 15 is 0 Å². The molecule has 0 saturated carbocycles. The summed E-state index contributed by atoms with van der Waals surface area (Å²) in [7, 11) is 3.21. The van der Waals surface area contributed by atoms with Gasteiger partial charge in [-0.25, -0.2) is 4.68 Å². The SMILES string of the molecule is COc1ccc([C@@H]2C3=C(C[C@H](c4ccccc4)CC3=O)Nc3ncnn32)cc1OC. The molecule has 1 aliphatic heterocycles. The quantitative estimate of drug-likeness (QED) is 0.717. The third kappa shape index (κ3) is 2.94. The molecule has 2 aliphatic rings. The molecule has 0 radical (unpaired) electrons. The molecule has 1 aliphatic carbocycles. The number of rotatable bonds is 4. The number of nitrogens with one attached hydrogen (secondary N) is 1. The Morgan fingerprint density at radius 2 is 1.80 bits per heavy atom. The Morgan fingerprint density at radius 1 is 1.00 bits per heavy atom. The highest BCUT2D eigenvalue weighted by Gasteiger charge is 2.39. The lowest BCUT2D eigenvalue weighted by molar-refractivity contribution is -0.116. The highest BCUT2D eigenvalue weighted by atomic mass is 16.5. The first kappa shape index (κ1) is 18.4. The van der Waals surface area contributed by atoms with Gasteiger partial charge in [0.15, 0.2) is 17.3 Å². The maximum Gasteiger partial charge on any atom is 0.226 e. The van der Waals surface area contributed by atoms with Gasteiger partial charge < -0.3 is 14.8 Å². The van der Waals surface area contributed by atoms with E-state index in [0.717, 1.165) is 23.3 Å². The number of nitrogens with zero attached hydrogens (tertiary/aromatic N) is 3. The van der Waals surface area contributed by atoms with Crippen molar-refractivity contribution in [3.63, 3.8) is 0 Å². The molecule has 2 heterocycles. The minimum absolute atomic E-state index is 0.124. The zero-order chi connectivity index (χ0) is 20.7. The summed E-state index contributed by atoms with van der Waals surface area (Å²) in [4.78, 5) is 17.8. The number of carbonyl (C=O) groups excluding carboxylic acids is 1. The predicted octanol–water partition coefficient (Wildman–Crippen LogP) is 3.71. The molecule has 1 aromatic heterocycles. The van der Waals surface area contributed by atoms with E-state index in [1.807, 2.05) is 36.4 Å². The van der Waals surface area contributed by atoms with E-state index in [1.54, 1.807) is 18.9 Å². The Morgan fingerprint density at radius 3 is 2.57 bits per heavy atom. The van der Waals surface area contributed by atoms with Crippen molar-refractivity contribution in [1.29, 1.82) is 0 Å². The minimum Gasteiger partial charge on any atom is -0.493 e. The molecule has 0 bridgehead atoms. The number of ether oxygens (including phenoxy) is 2. The van der Waals surface area contributed by atoms with E-state index in [-0.39, 0.29) is 17.7 Å². The molecule has 5 rings (SSSR count). The predicted molar refractivity (Wildman–Crippen MR) is 112 cm³/mol. The number of allylic oxidation sites excluding steroid dienone is 2. The molecule has 2 aromatic carbocycles. The molecule has 30 heavy (non-hydrogen) atoms. The van der Waals surface area contributed by atoms with Crippen LogP contribution in [0.3, 0.4) is 0 Å². The molecule has 0 amide bonds. The lowest BCUT2D eigenvalue weighted by Crippen LogP contribution is -2.33. The summed E-state index contributed by atoms with van der Waals surface area (Å²) in [5.41, 5.74) is 3.74. The molecule has 0 saturated heterocycles. The van der Waals surface area contributed by atoms with E-state index in [1.165, 1.54) is 11.9 Å². The Kier molecular flexibility index (Phi) is 4.50. The normalized spacial score (nSPS) is 20.3. The van der Waals surface area contributed by atoms with E-state index < -0.39 is 0 Å². The highest BCUT2D eigenvalue weighted by molar-refractivity contribution is 6.00. The molecule has 7 heteroatoms. The second-order valence-corrected chi connectivity index (χ2v) is 7.50. The lowest BCUT2D eigenvalue weighted by Gasteiger charge is -2.35. The van der Waals surface area contributed by atoms with Crippen LogP contribution in [0, 0.1) is 0 Å². The Balaban J connectivity index is 1.61. The van der Waals surface area contributed by atoms with E-state index in [2.05, 4.69) is 27.5 Å². The molecular weight excluding hydrogens is 380 g/mol. The molecular formula is C23H22N4O3. The number of Topliss-reactive ketones (excluding diaryl/α,β-unsaturated/α-hetero) is 1. The fourth-order valence-corrected chi connectivity index (χ4v) is 4.44. The first-order chi connectivity index (χ1) is 14.7. The topological polar surface area (TPSA) is 78.3 Å². The molecule has 2 atom stereocenters. The van der Waals surface area contributed by atoms with Crippen molar-refractivity contribution in [2.75, 3.05) is 19.5 Å². The van der Waals surface area contributed by atoms with Crippen LogP contribution < -0.4 is 14.8 Å². The van der Waals surface area contributed by atoms with Gasteiger partial charge in [0.1, 0.15) is 12.4 Å². The van der Waals surface area contributed by atoms with Gasteiger partial charge in [-0.05, 0) is 35.6 Å². The largest absolute Gasteiger partial charge is 0.493 e. The van der Waals surface area contributed by atoms with Crippen LogP contribution in [0.4, 0.5) is 5.95 Å². The second-order valence-electron chi connectivity index (χ2n) is 7.50. The average molecular weight is 402 g/mol. The smallest absolute Gasteiger partial charge is 0.226 e. The van der Waals surface area contributed by atoms with Crippen LogP contribution in [0.15, 0.2) is 66.1 Å². The number of aromatic nitrogens is 3. The third-order valence-corrected chi connectivity index (χ3v) is 5.86. The summed E-state index contributed by atoms with van der Waals surface area (Å²) in [6.45, 7) is 0. The van der Waals surface area contributed by atoms with Gasteiger partial charge in [0.2, 0.25) is 5.95 Å². The minimum atomic E-state index is -0.359. The average Bonchev–Trinajstić information content (AvgIpc) is 3.25. The van der Waals surface area contributed by atoms with Crippen LogP contribution in [0.5, 0.6) is 11.5 Å². The monoisotopic (exact) mass is 402 g/mol. The summed E-state index contributed by atoms with van der Waals surface area (Å²) < 4.78 is 12.6. The van der Waals surface area contributed by atoms with Crippen molar-refractivity contribution in [3.05, 3.63) is 77.3 Å². The second kappa shape index (κ2) is 7.33. The van der Waals surface area contributed by atoms with Crippen molar-refractivity contribution in [1.82, 2.24) is 14.8 Å². The number of anilines is 1. The number of ketones is 1. The molecule has 0 spiro atoms. The summed E-state index contributed by atoms with van der Waals surface area (Å²) >= 11 is 0. The fourth-order valence-electron chi connectivity index (χ4n) is 4.44. The first-order valence-electron chi connectivity index (χ1n) is 9.89. The van der Waals surface area contributed by atoms with Crippen LogP contribution in [-0.2, 0) is 4.79 Å². The van der Waals surface area contributed by atoms with Crippen molar-refractivity contribution >= 4 is 11.7 Å². The Labute approximate surface area is 174 Å². The standard InChI is InChI=1S/C23H22N4O3/c1-29-19-9-8-15(12-20(19)30-2)22-21-17(26-23-24-13-25-27(22)23)10-16(11-18(21)28)14-6-4-3-5-7-14/h3-9,12-13,16,22H,10-11H2,1-2H3,(H,24,25,26)/t16-,22+/m0/s1. The Bertz CT molecular complexity index is 1140. The zero-order valence-corrected chi connectivity index (χ0v) is 16.8. The maximum absolute atomic E-state index is 13.4. The van der Waals surface area contributed by atoms with Gasteiger partial charge >= 0.3 is 0 Å². The molecule has 152 valence electrons. The van der Waals surface area contributed by atoms with Gasteiger partial charge in [-0.3, -0.25) is 4.79 Å². The van der Waals surface area contributed by atoms with Crippen molar-refractivity contribution in [3.8, 4) is 11.5 Å². The zero-order valence-electron chi connectivity index (χ0n) is 16.8. The molecule has 7 nitrogen and oxygen atoms in total. The van der Waals surface area contributed by atoms with Gasteiger partial charge in [0.25, 0.3) is 0 Å². The van der Waals surface area contributed by atoms with E-state index in [4.69, 9.17) is 9.47 Å². The van der Waals surface area contributed by atoms with Gasteiger partial charge in [-0.2, -0.15) is 10.1 Å². The van der Waals surface area contributed by atoms with Crippen molar-refractivity contribution in [2.45, 2.75) is 24.8 Å². The summed E-state index contributed by atoms with van der Waals surface area (Å²) in [5, 5.41) is 7.75. The maximum atomic E-state index is 13.4. The van der Waals surface area contributed by atoms with Crippen LogP contribution in [0.2, 0.25) is 0 Å². The fraction of sp³-hybridized carbons (Fsp3) is 0.261.